The van der Waals surface area contributed by atoms with Crippen molar-refractivity contribution in [1.82, 2.24) is 0 Å². The van der Waals surface area contributed by atoms with Crippen molar-refractivity contribution < 1.29 is 5.11 Å². The number of hydrogen-bond donors (Lipinski definition) is 1. The first kappa shape index (κ1) is 13.0. The molecule has 1 N–H and O–H groups in total. The summed E-state index contributed by atoms with van der Waals surface area (Å²) in [6, 6.07) is 13.2. The van der Waals surface area contributed by atoms with Crippen LogP contribution in [0, 0.1) is 18.3 Å². The van der Waals surface area contributed by atoms with Crippen molar-refractivity contribution in [1.29, 1.82) is 5.26 Å². The van der Waals surface area contributed by atoms with Gasteiger partial charge in [0.25, 0.3) is 0 Å². The Kier molecular flexibility index (Phi) is 3.13. The molecule has 0 aliphatic rings. The van der Waals surface area contributed by atoms with E-state index >= 15 is 0 Å². The van der Waals surface area contributed by atoms with Gasteiger partial charge >= 0.3 is 0 Å². The van der Waals surface area contributed by atoms with Gasteiger partial charge in [-0.2, -0.15) is 5.26 Å². The van der Waals surface area contributed by atoms with Gasteiger partial charge in [-0.1, -0.05) is 23.7 Å². The molecule has 0 bridgehead atoms. The fourth-order valence-corrected chi connectivity index (χ4v) is 3.43. The number of aromatic hydroxyl groups is 1. The number of halogens is 1. The van der Waals surface area contributed by atoms with Crippen LogP contribution in [-0.4, -0.2) is 5.11 Å². The van der Waals surface area contributed by atoms with Crippen molar-refractivity contribution in [2.75, 3.05) is 0 Å². The zero-order valence-corrected chi connectivity index (χ0v) is 12.2. The quantitative estimate of drug-likeness (QED) is 0.678. The van der Waals surface area contributed by atoms with Crippen LogP contribution < -0.4 is 0 Å². The minimum Gasteiger partial charge on any atom is -0.508 e. The Balaban J connectivity index is 2.33. The maximum Gasteiger partial charge on any atom is 0.119 e. The van der Waals surface area contributed by atoms with Gasteiger partial charge in [0.1, 0.15) is 5.75 Å². The number of benzene rings is 2. The highest BCUT2D eigenvalue weighted by Crippen LogP contribution is 2.39. The van der Waals surface area contributed by atoms with Gasteiger partial charge in [-0.05, 0) is 47.7 Å². The van der Waals surface area contributed by atoms with E-state index < -0.39 is 0 Å². The van der Waals surface area contributed by atoms with Crippen LogP contribution in [-0.2, 0) is 0 Å². The Morgan fingerprint density at radius 2 is 2.00 bits per heavy atom. The second-order valence-electron chi connectivity index (χ2n) is 4.61. The summed E-state index contributed by atoms with van der Waals surface area (Å²) < 4.78 is 1.71. The zero-order chi connectivity index (χ0) is 14.3. The third-order valence-electron chi connectivity index (χ3n) is 3.24. The molecule has 3 rings (SSSR count). The van der Waals surface area contributed by atoms with Gasteiger partial charge in [0.15, 0.2) is 0 Å². The predicted molar refractivity (Wildman–Crippen MR) is 83.4 cm³/mol. The lowest BCUT2D eigenvalue weighted by molar-refractivity contribution is 0.471. The molecule has 0 atom stereocenters. The van der Waals surface area contributed by atoms with Crippen LogP contribution in [0.3, 0.4) is 0 Å². The number of thiophene rings is 1. The molecule has 4 heteroatoms. The minimum absolute atomic E-state index is 0.251. The maximum absolute atomic E-state index is 9.88. The summed E-state index contributed by atoms with van der Waals surface area (Å²) in [5.74, 6) is 0.251. The Labute approximate surface area is 125 Å². The molecule has 0 saturated heterocycles. The van der Waals surface area contributed by atoms with Crippen LogP contribution in [0.2, 0.25) is 4.34 Å². The van der Waals surface area contributed by atoms with Gasteiger partial charge in [0, 0.05) is 10.3 Å². The lowest BCUT2D eigenvalue weighted by Gasteiger charge is -2.07. The molecule has 98 valence electrons. The summed E-state index contributed by atoms with van der Waals surface area (Å²) in [5.41, 5.74) is 3.22. The first-order valence-electron chi connectivity index (χ1n) is 6.01. The number of nitriles is 1. The summed E-state index contributed by atoms with van der Waals surface area (Å²) in [6.45, 7) is 1.85. The number of phenolic OH excluding ortho intramolecular Hbond substituents is 1. The number of phenols is 1. The maximum atomic E-state index is 9.88. The molecule has 2 nitrogen and oxygen atoms in total. The second-order valence-corrected chi connectivity index (χ2v) is 6.29. The lowest BCUT2D eigenvalue weighted by Crippen LogP contribution is -1.83. The molecule has 0 aliphatic heterocycles. The standard InChI is InChI=1S/C16H10ClNOS/c1-9-2-3-11(6-14(9)19)13-5-10(8-18)4-12-7-15(17)20-16(12)13/h2-7,19H,1H3. The van der Waals surface area contributed by atoms with Crippen LogP contribution in [0.25, 0.3) is 21.2 Å². The Morgan fingerprint density at radius 1 is 1.20 bits per heavy atom. The Hall–Kier alpha value is -2.02. The minimum atomic E-state index is 0.251. The predicted octanol–water partition coefficient (Wildman–Crippen LogP) is 5.11. The van der Waals surface area contributed by atoms with Crippen molar-refractivity contribution in [3.63, 3.8) is 0 Å². The number of hydrogen-bond acceptors (Lipinski definition) is 3. The summed E-state index contributed by atoms with van der Waals surface area (Å²) >= 11 is 7.56. The molecule has 0 fully saturated rings. The SMILES string of the molecule is Cc1ccc(-c2cc(C#N)cc3cc(Cl)sc23)cc1O. The number of nitrogens with zero attached hydrogens (tertiary/aromatic N) is 1. The smallest absolute Gasteiger partial charge is 0.119 e. The highest BCUT2D eigenvalue weighted by Gasteiger charge is 2.11. The summed E-state index contributed by atoms with van der Waals surface area (Å²) in [4.78, 5) is 0. The van der Waals surface area contributed by atoms with Crippen molar-refractivity contribution >= 4 is 33.0 Å². The zero-order valence-electron chi connectivity index (χ0n) is 10.6. The summed E-state index contributed by atoms with van der Waals surface area (Å²) in [7, 11) is 0. The lowest BCUT2D eigenvalue weighted by atomic mass is 10.00. The van der Waals surface area contributed by atoms with E-state index in [1.54, 1.807) is 6.07 Å². The van der Waals surface area contributed by atoms with Crippen LogP contribution in [0.1, 0.15) is 11.1 Å². The molecule has 3 aromatic rings. The van der Waals surface area contributed by atoms with Crippen LogP contribution in [0.15, 0.2) is 36.4 Å². The molecule has 1 heterocycles. The van der Waals surface area contributed by atoms with E-state index in [-0.39, 0.29) is 5.75 Å². The van der Waals surface area contributed by atoms with E-state index in [0.717, 1.165) is 26.8 Å². The van der Waals surface area contributed by atoms with Gasteiger partial charge in [0.05, 0.1) is 16.0 Å². The molecule has 0 amide bonds. The normalized spacial score (nSPS) is 10.7. The average Bonchev–Trinajstić information content (AvgIpc) is 2.80. The molecular formula is C16H10ClNOS. The van der Waals surface area contributed by atoms with Crippen LogP contribution in [0.4, 0.5) is 0 Å². The van der Waals surface area contributed by atoms with Gasteiger partial charge in [-0.15, -0.1) is 11.3 Å². The van der Waals surface area contributed by atoms with E-state index in [4.69, 9.17) is 16.9 Å². The van der Waals surface area contributed by atoms with E-state index in [1.807, 2.05) is 37.3 Å². The first-order valence-corrected chi connectivity index (χ1v) is 7.21. The largest absolute Gasteiger partial charge is 0.508 e. The topological polar surface area (TPSA) is 44.0 Å². The molecule has 0 spiro atoms. The van der Waals surface area contributed by atoms with Gasteiger partial charge in [-0.3, -0.25) is 0 Å². The van der Waals surface area contributed by atoms with E-state index in [1.165, 1.54) is 11.3 Å². The van der Waals surface area contributed by atoms with E-state index in [9.17, 15) is 5.11 Å². The third kappa shape index (κ3) is 2.14. The van der Waals surface area contributed by atoms with Crippen molar-refractivity contribution in [3.05, 3.63) is 51.9 Å². The Morgan fingerprint density at radius 3 is 2.70 bits per heavy atom. The molecule has 20 heavy (non-hydrogen) atoms. The van der Waals surface area contributed by atoms with Crippen molar-refractivity contribution in [3.8, 4) is 22.9 Å². The van der Waals surface area contributed by atoms with Gasteiger partial charge < -0.3 is 5.11 Å². The van der Waals surface area contributed by atoms with Crippen molar-refractivity contribution in [2.45, 2.75) is 6.92 Å². The number of aryl methyl sites for hydroxylation is 1. The van der Waals surface area contributed by atoms with E-state index in [2.05, 4.69) is 6.07 Å². The fourth-order valence-electron chi connectivity index (χ4n) is 2.18. The van der Waals surface area contributed by atoms with Gasteiger partial charge in [-0.25, -0.2) is 0 Å². The summed E-state index contributed by atoms with van der Waals surface area (Å²) in [6.07, 6.45) is 0. The average molecular weight is 300 g/mol. The fraction of sp³-hybridized carbons (Fsp3) is 0.0625. The second kappa shape index (κ2) is 4.82. The highest BCUT2D eigenvalue weighted by atomic mass is 35.5. The molecule has 0 radical (unpaired) electrons. The van der Waals surface area contributed by atoms with Crippen LogP contribution in [0.5, 0.6) is 5.75 Å². The molecule has 0 aliphatic carbocycles. The third-order valence-corrected chi connectivity index (χ3v) is 4.55. The summed E-state index contributed by atoms with van der Waals surface area (Å²) in [5, 5.41) is 20.0. The molecule has 1 aromatic heterocycles. The van der Waals surface area contributed by atoms with Gasteiger partial charge in [0.2, 0.25) is 0 Å². The molecule has 0 unspecified atom stereocenters. The highest BCUT2D eigenvalue weighted by molar-refractivity contribution is 7.23. The first-order chi connectivity index (χ1) is 9.58. The van der Waals surface area contributed by atoms with Crippen molar-refractivity contribution in [2.24, 2.45) is 0 Å². The monoisotopic (exact) mass is 299 g/mol. The molecule has 2 aromatic carbocycles. The molecular weight excluding hydrogens is 290 g/mol. The molecule has 0 saturated carbocycles. The Bertz CT molecular complexity index is 861. The van der Waals surface area contributed by atoms with E-state index in [0.29, 0.717) is 9.90 Å². The van der Waals surface area contributed by atoms with Crippen LogP contribution >= 0.6 is 22.9 Å². The number of rotatable bonds is 1. The number of fused-ring (bicyclic) bond motifs is 1.